The predicted octanol–water partition coefficient (Wildman–Crippen LogP) is 4.21. The van der Waals surface area contributed by atoms with Crippen LogP contribution in [0.1, 0.15) is 19.8 Å². The predicted molar refractivity (Wildman–Crippen MR) is 101 cm³/mol. The van der Waals surface area contributed by atoms with Gasteiger partial charge in [-0.2, -0.15) is 0 Å². The van der Waals surface area contributed by atoms with Gasteiger partial charge >= 0.3 is 6.03 Å². The number of piperidine rings is 1. The topological polar surface area (TPSA) is 63.7 Å². The molecule has 2 amide bonds. The molecule has 1 saturated heterocycles. The maximum atomic E-state index is 12.7. The summed E-state index contributed by atoms with van der Waals surface area (Å²) in [5.41, 5.74) is 0.666. The van der Waals surface area contributed by atoms with Crippen LogP contribution in [-0.2, 0) is 0 Å². The Hall–Kier alpha value is -2.47. The fraction of sp³-hybridized carbons (Fsp3) is 0.368. The fourth-order valence-corrected chi connectivity index (χ4v) is 3.07. The average Bonchev–Trinajstić information content (AvgIpc) is 2.66. The SMILES string of the molecule is CCOc1ccccc1NC(=O)N1CCCC(Oc2ccncc2Cl)C1. The minimum absolute atomic E-state index is 0.100. The highest BCUT2D eigenvalue weighted by Crippen LogP contribution is 2.27. The van der Waals surface area contributed by atoms with E-state index in [9.17, 15) is 4.79 Å². The second-order valence-corrected chi connectivity index (χ2v) is 6.40. The number of anilines is 1. The van der Waals surface area contributed by atoms with Gasteiger partial charge in [0.15, 0.2) is 0 Å². The second-order valence-electron chi connectivity index (χ2n) is 5.99. The first-order chi connectivity index (χ1) is 12.7. The van der Waals surface area contributed by atoms with Gasteiger partial charge in [-0.15, -0.1) is 0 Å². The highest BCUT2D eigenvalue weighted by atomic mass is 35.5. The third-order valence-electron chi connectivity index (χ3n) is 4.12. The molecular formula is C19H22ClN3O3. The molecule has 1 aliphatic heterocycles. The van der Waals surface area contributed by atoms with Crippen LogP contribution in [0.2, 0.25) is 5.02 Å². The molecule has 3 rings (SSSR count). The van der Waals surface area contributed by atoms with E-state index in [2.05, 4.69) is 10.3 Å². The number of ether oxygens (including phenoxy) is 2. The maximum Gasteiger partial charge on any atom is 0.322 e. The number of hydrogen-bond acceptors (Lipinski definition) is 4. The van der Waals surface area contributed by atoms with E-state index in [1.807, 2.05) is 31.2 Å². The summed E-state index contributed by atoms with van der Waals surface area (Å²) in [6.45, 7) is 3.64. The third kappa shape index (κ3) is 4.58. The molecule has 26 heavy (non-hydrogen) atoms. The Morgan fingerprint density at radius 3 is 3.00 bits per heavy atom. The number of halogens is 1. The molecule has 6 nitrogen and oxygen atoms in total. The lowest BCUT2D eigenvalue weighted by molar-refractivity contribution is 0.106. The Morgan fingerprint density at radius 2 is 2.19 bits per heavy atom. The van der Waals surface area contributed by atoms with Crippen molar-refractivity contribution >= 4 is 23.3 Å². The highest BCUT2D eigenvalue weighted by Gasteiger charge is 2.26. The molecule has 1 aliphatic rings. The first-order valence-electron chi connectivity index (χ1n) is 8.71. The van der Waals surface area contributed by atoms with Gasteiger partial charge in [0.05, 0.1) is 18.8 Å². The van der Waals surface area contributed by atoms with E-state index in [0.717, 1.165) is 12.8 Å². The van der Waals surface area contributed by atoms with Gasteiger partial charge in [-0.05, 0) is 31.9 Å². The van der Waals surface area contributed by atoms with Crippen molar-refractivity contribution in [3.8, 4) is 11.5 Å². The molecule has 0 saturated carbocycles. The smallest absolute Gasteiger partial charge is 0.322 e. The minimum atomic E-state index is -0.161. The van der Waals surface area contributed by atoms with Gasteiger partial charge in [0, 0.05) is 25.0 Å². The Labute approximate surface area is 158 Å². The summed E-state index contributed by atoms with van der Waals surface area (Å²) in [7, 11) is 0. The molecular weight excluding hydrogens is 354 g/mol. The summed E-state index contributed by atoms with van der Waals surface area (Å²) in [6.07, 6.45) is 4.83. The van der Waals surface area contributed by atoms with Gasteiger partial charge in [0.1, 0.15) is 22.6 Å². The number of amides is 2. The van der Waals surface area contributed by atoms with Gasteiger partial charge in [-0.1, -0.05) is 23.7 Å². The van der Waals surface area contributed by atoms with Crippen LogP contribution in [0.25, 0.3) is 0 Å². The van der Waals surface area contributed by atoms with Gasteiger partial charge in [-0.3, -0.25) is 4.98 Å². The van der Waals surface area contributed by atoms with E-state index in [0.29, 0.717) is 41.9 Å². The standard InChI is InChI=1S/C19H22ClN3O3/c1-2-25-18-8-4-3-7-16(18)22-19(24)23-11-5-6-14(13-23)26-17-9-10-21-12-15(17)20/h3-4,7-10,12,14H,2,5-6,11,13H2,1H3,(H,22,24). The van der Waals surface area contributed by atoms with E-state index in [1.54, 1.807) is 23.4 Å². The summed E-state index contributed by atoms with van der Waals surface area (Å²) in [5, 5.41) is 3.40. The van der Waals surface area contributed by atoms with E-state index in [-0.39, 0.29) is 12.1 Å². The van der Waals surface area contributed by atoms with E-state index < -0.39 is 0 Å². The van der Waals surface area contributed by atoms with Gasteiger partial charge in [0.25, 0.3) is 0 Å². The molecule has 1 atom stereocenters. The van der Waals surface area contributed by atoms with Crippen molar-refractivity contribution in [1.82, 2.24) is 9.88 Å². The van der Waals surface area contributed by atoms with Crippen molar-refractivity contribution in [3.05, 3.63) is 47.7 Å². The zero-order valence-electron chi connectivity index (χ0n) is 14.7. The lowest BCUT2D eigenvalue weighted by Gasteiger charge is -2.33. The van der Waals surface area contributed by atoms with Crippen LogP contribution in [0.4, 0.5) is 10.5 Å². The first-order valence-corrected chi connectivity index (χ1v) is 9.09. The summed E-state index contributed by atoms with van der Waals surface area (Å²) < 4.78 is 11.5. The molecule has 1 N–H and O–H groups in total. The van der Waals surface area contributed by atoms with Crippen molar-refractivity contribution in [2.75, 3.05) is 25.0 Å². The van der Waals surface area contributed by atoms with Crippen LogP contribution in [0, 0.1) is 0 Å². The molecule has 2 aromatic rings. The molecule has 0 bridgehead atoms. The van der Waals surface area contributed by atoms with Crippen LogP contribution >= 0.6 is 11.6 Å². The Balaban J connectivity index is 1.62. The molecule has 1 unspecified atom stereocenters. The molecule has 138 valence electrons. The van der Waals surface area contributed by atoms with Crippen LogP contribution in [0.3, 0.4) is 0 Å². The number of nitrogens with one attached hydrogen (secondary N) is 1. The van der Waals surface area contributed by atoms with E-state index in [4.69, 9.17) is 21.1 Å². The largest absolute Gasteiger partial charge is 0.492 e. The summed E-state index contributed by atoms with van der Waals surface area (Å²) >= 11 is 6.10. The lowest BCUT2D eigenvalue weighted by Crippen LogP contribution is -2.46. The Bertz CT molecular complexity index is 756. The van der Waals surface area contributed by atoms with Gasteiger partial charge < -0.3 is 19.7 Å². The Kier molecular flexibility index (Phi) is 6.17. The molecule has 1 fully saturated rings. The first kappa shape index (κ1) is 18.3. The minimum Gasteiger partial charge on any atom is -0.492 e. The maximum absolute atomic E-state index is 12.7. The van der Waals surface area contributed by atoms with Crippen LogP contribution in [0.15, 0.2) is 42.7 Å². The summed E-state index contributed by atoms with van der Waals surface area (Å²) in [6, 6.07) is 8.99. The van der Waals surface area contributed by atoms with Crippen molar-refractivity contribution in [3.63, 3.8) is 0 Å². The molecule has 1 aromatic heterocycles. The number of rotatable bonds is 5. The normalized spacial score (nSPS) is 16.8. The average molecular weight is 376 g/mol. The van der Waals surface area contributed by atoms with E-state index in [1.165, 1.54) is 0 Å². The number of benzene rings is 1. The Morgan fingerprint density at radius 1 is 1.35 bits per heavy atom. The monoisotopic (exact) mass is 375 g/mol. The van der Waals surface area contributed by atoms with Crippen molar-refractivity contribution in [2.45, 2.75) is 25.9 Å². The number of likely N-dealkylation sites (tertiary alicyclic amines) is 1. The number of para-hydroxylation sites is 2. The molecule has 2 heterocycles. The number of hydrogen-bond donors (Lipinski definition) is 1. The molecule has 0 radical (unpaired) electrons. The number of carbonyl (C=O) groups is 1. The number of urea groups is 1. The van der Waals surface area contributed by atoms with Crippen molar-refractivity contribution in [1.29, 1.82) is 0 Å². The molecule has 1 aromatic carbocycles. The number of aromatic nitrogens is 1. The fourth-order valence-electron chi connectivity index (χ4n) is 2.90. The summed E-state index contributed by atoms with van der Waals surface area (Å²) in [5.74, 6) is 1.26. The quantitative estimate of drug-likeness (QED) is 0.850. The number of nitrogens with zero attached hydrogens (tertiary/aromatic N) is 2. The van der Waals surface area contributed by atoms with Gasteiger partial charge in [-0.25, -0.2) is 4.79 Å². The second kappa shape index (κ2) is 8.76. The zero-order valence-corrected chi connectivity index (χ0v) is 15.4. The highest BCUT2D eigenvalue weighted by molar-refractivity contribution is 6.31. The number of carbonyl (C=O) groups excluding carboxylic acids is 1. The summed E-state index contributed by atoms with van der Waals surface area (Å²) in [4.78, 5) is 18.4. The zero-order chi connectivity index (χ0) is 18.4. The molecule has 0 spiro atoms. The van der Waals surface area contributed by atoms with Crippen molar-refractivity contribution in [2.24, 2.45) is 0 Å². The van der Waals surface area contributed by atoms with Gasteiger partial charge in [0.2, 0.25) is 0 Å². The van der Waals surface area contributed by atoms with Crippen LogP contribution in [0.5, 0.6) is 11.5 Å². The number of pyridine rings is 1. The molecule has 7 heteroatoms. The third-order valence-corrected chi connectivity index (χ3v) is 4.41. The lowest BCUT2D eigenvalue weighted by atomic mass is 10.1. The van der Waals surface area contributed by atoms with Crippen LogP contribution in [-0.4, -0.2) is 41.7 Å². The van der Waals surface area contributed by atoms with Crippen LogP contribution < -0.4 is 14.8 Å². The molecule has 0 aliphatic carbocycles. The van der Waals surface area contributed by atoms with E-state index >= 15 is 0 Å². The van der Waals surface area contributed by atoms with Crippen molar-refractivity contribution < 1.29 is 14.3 Å².